The van der Waals surface area contributed by atoms with Gasteiger partial charge in [-0.25, -0.2) is 4.79 Å². The SMILES string of the molecule is CCOC(=O)[C@@H](Cc1ccc(N=Cc2ccc(O)cc2)cc1)N1C(=O)c2ccccc2C1=O. The summed E-state index contributed by atoms with van der Waals surface area (Å²) in [5.41, 5.74) is 2.87. The zero-order chi connectivity index (χ0) is 23.4. The van der Waals surface area contributed by atoms with Crippen LogP contribution in [0, 0.1) is 0 Å². The molecule has 7 nitrogen and oxygen atoms in total. The predicted octanol–water partition coefficient (Wildman–Crippen LogP) is 3.91. The molecule has 0 spiro atoms. The van der Waals surface area contributed by atoms with E-state index < -0.39 is 23.8 Å². The van der Waals surface area contributed by atoms with Gasteiger partial charge in [0, 0.05) is 12.6 Å². The van der Waals surface area contributed by atoms with Crippen molar-refractivity contribution in [1.29, 1.82) is 0 Å². The number of phenolic OH excluding ortho intramolecular Hbond substituents is 1. The zero-order valence-electron chi connectivity index (χ0n) is 18.0. The Bertz CT molecular complexity index is 1180. The summed E-state index contributed by atoms with van der Waals surface area (Å²) in [5, 5.41) is 9.36. The van der Waals surface area contributed by atoms with Gasteiger partial charge in [0.05, 0.1) is 23.4 Å². The van der Waals surface area contributed by atoms with Crippen LogP contribution in [0.25, 0.3) is 0 Å². The molecule has 3 aromatic rings. The fourth-order valence-corrected chi connectivity index (χ4v) is 3.66. The summed E-state index contributed by atoms with van der Waals surface area (Å²) in [7, 11) is 0. The number of amides is 2. The first-order chi connectivity index (χ1) is 16.0. The van der Waals surface area contributed by atoms with E-state index in [0.717, 1.165) is 16.0 Å². The molecule has 3 aromatic carbocycles. The van der Waals surface area contributed by atoms with Gasteiger partial charge in [0.1, 0.15) is 11.8 Å². The summed E-state index contributed by atoms with van der Waals surface area (Å²) in [6.45, 7) is 1.82. The molecule has 1 N–H and O–H groups in total. The molecule has 1 atom stereocenters. The van der Waals surface area contributed by atoms with Gasteiger partial charge in [-0.1, -0.05) is 24.3 Å². The van der Waals surface area contributed by atoms with E-state index in [0.29, 0.717) is 5.69 Å². The second-order valence-corrected chi connectivity index (χ2v) is 7.51. The number of fused-ring (bicyclic) bond motifs is 1. The molecule has 0 aromatic heterocycles. The molecule has 0 radical (unpaired) electrons. The van der Waals surface area contributed by atoms with Crippen LogP contribution in [0.3, 0.4) is 0 Å². The number of phenols is 1. The number of nitrogens with zero attached hydrogens (tertiary/aromatic N) is 2. The van der Waals surface area contributed by atoms with Gasteiger partial charge in [0.2, 0.25) is 0 Å². The number of hydrogen-bond acceptors (Lipinski definition) is 6. The number of imide groups is 1. The molecule has 2 amide bonds. The Morgan fingerprint density at radius 2 is 1.58 bits per heavy atom. The number of aromatic hydroxyl groups is 1. The molecular formula is C26H22N2O5. The first kappa shape index (κ1) is 22.0. The number of rotatable bonds is 7. The highest BCUT2D eigenvalue weighted by Crippen LogP contribution is 2.27. The van der Waals surface area contributed by atoms with Crippen LogP contribution in [0.1, 0.15) is 38.8 Å². The lowest BCUT2D eigenvalue weighted by atomic mass is 10.0. The smallest absolute Gasteiger partial charge is 0.329 e. The monoisotopic (exact) mass is 442 g/mol. The van der Waals surface area contributed by atoms with E-state index in [1.807, 2.05) is 0 Å². The standard InChI is InChI=1S/C26H22N2O5/c1-2-33-26(32)23(28-24(30)21-5-3-4-6-22(21)25(28)31)15-17-7-11-19(12-8-17)27-16-18-9-13-20(29)14-10-18/h3-14,16,23,29H,2,15H2,1H3/t23-/m1/s1. The van der Waals surface area contributed by atoms with Crippen LogP contribution in [-0.4, -0.2) is 46.7 Å². The van der Waals surface area contributed by atoms with Gasteiger partial charge < -0.3 is 9.84 Å². The quantitative estimate of drug-likeness (QED) is 0.340. The number of carbonyl (C=O) groups excluding carboxylic acids is 3. The lowest BCUT2D eigenvalue weighted by molar-refractivity contribution is -0.147. The van der Waals surface area contributed by atoms with Gasteiger partial charge in [-0.3, -0.25) is 19.5 Å². The maximum absolute atomic E-state index is 12.9. The molecule has 1 aliphatic rings. The molecule has 33 heavy (non-hydrogen) atoms. The van der Waals surface area contributed by atoms with Crippen molar-refractivity contribution in [3.63, 3.8) is 0 Å². The molecule has 0 aliphatic carbocycles. The number of esters is 1. The first-order valence-electron chi connectivity index (χ1n) is 10.5. The lowest BCUT2D eigenvalue weighted by Gasteiger charge is -2.24. The van der Waals surface area contributed by atoms with Crippen LogP contribution in [0.2, 0.25) is 0 Å². The normalized spacial score (nSPS) is 13.9. The van der Waals surface area contributed by atoms with E-state index in [9.17, 15) is 19.5 Å². The Hall–Kier alpha value is -4.26. The second kappa shape index (κ2) is 9.48. The molecular weight excluding hydrogens is 420 g/mol. The summed E-state index contributed by atoms with van der Waals surface area (Å²) in [4.78, 5) is 43.9. The Morgan fingerprint density at radius 3 is 2.15 bits per heavy atom. The van der Waals surface area contributed by atoms with Crippen LogP contribution in [0.15, 0.2) is 77.8 Å². The van der Waals surface area contributed by atoms with Crippen molar-refractivity contribution < 1.29 is 24.2 Å². The van der Waals surface area contributed by atoms with E-state index in [4.69, 9.17) is 4.74 Å². The van der Waals surface area contributed by atoms with Crippen LogP contribution in [0.4, 0.5) is 5.69 Å². The van der Waals surface area contributed by atoms with Crippen molar-refractivity contribution in [3.05, 3.63) is 95.1 Å². The Labute approximate surface area is 191 Å². The van der Waals surface area contributed by atoms with E-state index in [1.165, 1.54) is 0 Å². The topological polar surface area (TPSA) is 96.3 Å². The van der Waals surface area contributed by atoms with Crippen molar-refractivity contribution >= 4 is 29.7 Å². The predicted molar refractivity (Wildman–Crippen MR) is 123 cm³/mol. The highest BCUT2D eigenvalue weighted by Gasteiger charge is 2.43. The van der Waals surface area contributed by atoms with E-state index in [2.05, 4.69) is 4.99 Å². The summed E-state index contributed by atoms with van der Waals surface area (Å²) < 4.78 is 5.18. The van der Waals surface area contributed by atoms with Crippen molar-refractivity contribution in [2.24, 2.45) is 4.99 Å². The number of hydrogen-bond donors (Lipinski definition) is 1. The van der Waals surface area contributed by atoms with Crippen molar-refractivity contribution in [2.75, 3.05) is 6.61 Å². The molecule has 0 saturated carbocycles. The Balaban J connectivity index is 1.54. The summed E-state index contributed by atoms with van der Waals surface area (Å²) in [6, 6.07) is 19.3. The Morgan fingerprint density at radius 1 is 0.970 bits per heavy atom. The molecule has 0 saturated heterocycles. The minimum absolute atomic E-state index is 0.131. The summed E-state index contributed by atoms with van der Waals surface area (Å²) in [6.07, 6.45) is 1.81. The molecule has 4 rings (SSSR count). The zero-order valence-corrected chi connectivity index (χ0v) is 18.0. The average Bonchev–Trinajstić information content (AvgIpc) is 3.08. The van der Waals surface area contributed by atoms with E-state index >= 15 is 0 Å². The number of carbonyl (C=O) groups is 3. The summed E-state index contributed by atoms with van der Waals surface area (Å²) >= 11 is 0. The third-order valence-electron chi connectivity index (χ3n) is 5.32. The maximum atomic E-state index is 12.9. The lowest BCUT2D eigenvalue weighted by Crippen LogP contribution is -2.47. The van der Waals surface area contributed by atoms with E-state index in [1.54, 1.807) is 85.9 Å². The van der Waals surface area contributed by atoms with Gasteiger partial charge in [0.15, 0.2) is 0 Å². The second-order valence-electron chi connectivity index (χ2n) is 7.51. The molecule has 0 unspecified atom stereocenters. The number of benzene rings is 3. The van der Waals surface area contributed by atoms with Crippen LogP contribution in [-0.2, 0) is 16.0 Å². The molecule has 1 aliphatic heterocycles. The molecule has 7 heteroatoms. The van der Waals surface area contributed by atoms with Crippen molar-refractivity contribution in [1.82, 2.24) is 4.90 Å². The van der Waals surface area contributed by atoms with Gasteiger partial charge in [-0.15, -0.1) is 0 Å². The molecule has 166 valence electrons. The van der Waals surface area contributed by atoms with Crippen molar-refractivity contribution in [2.45, 2.75) is 19.4 Å². The van der Waals surface area contributed by atoms with Gasteiger partial charge >= 0.3 is 5.97 Å². The molecule has 0 bridgehead atoms. The van der Waals surface area contributed by atoms with E-state index in [-0.39, 0.29) is 29.9 Å². The largest absolute Gasteiger partial charge is 0.508 e. The molecule has 0 fully saturated rings. The minimum Gasteiger partial charge on any atom is -0.508 e. The van der Waals surface area contributed by atoms with Gasteiger partial charge in [0.25, 0.3) is 11.8 Å². The highest BCUT2D eigenvalue weighted by molar-refractivity contribution is 6.22. The third kappa shape index (κ3) is 4.67. The fraction of sp³-hybridized carbons (Fsp3) is 0.154. The maximum Gasteiger partial charge on any atom is 0.329 e. The fourth-order valence-electron chi connectivity index (χ4n) is 3.66. The van der Waals surface area contributed by atoms with Gasteiger partial charge in [-0.05, 0) is 66.6 Å². The van der Waals surface area contributed by atoms with Crippen LogP contribution >= 0.6 is 0 Å². The third-order valence-corrected chi connectivity index (χ3v) is 5.32. The van der Waals surface area contributed by atoms with Crippen molar-refractivity contribution in [3.8, 4) is 5.75 Å². The highest BCUT2D eigenvalue weighted by atomic mass is 16.5. The Kier molecular flexibility index (Phi) is 6.31. The first-order valence-corrected chi connectivity index (χ1v) is 10.5. The van der Waals surface area contributed by atoms with Gasteiger partial charge in [-0.2, -0.15) is 0 Å². The number of aliphatic imine (C=N–C) groups is 1. The summed E-state index contributed by atoms with van der Waals surface area (Å²) in [5.74, 6) is -1.43. The van der Waals surface area contributed by atoms with Crippen LogP contribution in [0.5, 0.6) is 5.75 Å². The average molecular weight is 442 g/mol. The minimum atomic E-state index is -1.07. The number of ether oxygens (including phenoxy) is 1. The van der Waals surface area contributed by atoms with Crippen LogP contribution < -0.4 is 0 Å². The molecule has 1 heterocycles.